The maximum atomic E-state index is 14.0. The van der Waals surface area contributed by atoms with Gasteiger partial charge in [0.2, 0.25) is 8.32 Å². The Labute approximate surface area is 301 Å². The largest absolute Gasteiger partial charge is 0.543 e. The summed E-state index contributed by atoms with van der Waals surface area (Å²) in [7, 11) is -3.57. The zero-order chi connectivity index (χ0) is 37.3. The fourth-order valence-electron chi connectivity index (χ4n) is 5.28. The lowest BCUT2D eigenvalue weighted by Crippen LogP contribution is -2.43. The van der Waals surface area contributed by atoms with Gasteiger partial charge in [-0.1, -0.05) is 70.2 Å². The highest BCUT2D eigenvalue weighted by Crippen LogP contribution is 2.38. The minimum atomic E-state index is -2.18. The van der Waals surface area contributed by atoms with Gasteiger partial charge >= 0.3 is 6.09 Å². The molecular formula is C38H49N5O6Si2. The van der Waals surface area contributed by atoms with Crippen molar-refractivity contribution in [2.75, 3.05) is 11.9 Å². The van der Waals surface area contributed by atoms with E-state index in [1.807, 2.05) is 37.3 Å². The van der Waals surface area contributed by atoms with Gasteiger partial charge in [-0.25, -0.2) is 9.36 Å². The van der Waals surface area contributed by atoms with Crippen LogP contribution in [0.1, 0.15) is 42.3 Å². The Morgan fingerprint density at radius 3 is 2.31 bits per heavy atom. The van der Waals surface area contributed by atoms with Gasteiger partial charge in [-0.2, -0.15) is 5.10 Å². The Bertz CT molecular complexity index is 2120. The second-order valence-electron chi connectivity index (χ2n) is 15.9. The summed E-state index contributed by atoms with van der Waals surface area (Å²) in [5.41, 5.74) is 3.08. The van der Waals surface area contributed by atoms with E-state index in [0.29, 0.717) is 41.1 Å². The number of carboxylic acid groups (broad SMARTS) is 1. The maximum absolute atomic E-state index is 14.0. The number of aromatic nitrogens is 4. The van der Waals surface area contributed by atoms with E-state index < -0.39 is 34.0 Å². The van der Waals surface area contributed by atoms with Crippen LogP contribution in [0.5, 0.6) is 5.75 Å². The SMILES string of the molecule is Cc1ccc(Cn2cc(C(=O)Nc3cc(-c4cc5cc(O[Si](C)(C)C(C)(C)C)ccc5n4C(=O)O)c(=O)n(COCC[Si](C)(C)C)c3)cn2)cc1. The molecule has 5 rings (SSSR count). The molecular weight excluding hydrogens is 679 g/mol. The molecule has 0 aliphatic heterocycles. The normalized spacial score (nSPS) is 12.3. The van der Waals surface area contributed by atoms with Crippen molar-refractivity contribution in [3.05, 3.63) is 100 Å². The number of anilines is 1. The zero-order valence-corrected chi connectivity index (χ0v) is 33.0. The number of rotatable bonds is 12. The van der Waals surface area contributed by atoms with Gasteiger partial charge < -0.3 is 19.6 Å². The van der Waals surface area contributed by atoms with E-state index >= 15 is 0 Å². The summed E-state index contributed by atoms with van der Waals surface area (Å²) >= 11 is 0. The number of fused-ring (bicyclic) bond motifs is 1. The smallest absolute Gasteiger partial charge is 0.416 e. The summed E-state index contributed by atoms with van der Waals surface area (Å²) in [6.07, 6.45) is 3.43. The number of carbonyl (C=O) groups excluding carboxylic acids is 1. The Kier molecular flexibility index (Phi) is 10.7. The molecule has 0 fully saturated rings. The zero-order valence-electron chi connectivity index (χ0n) is 31.0. The van der Waals surface area contributed by atoms with Gasteiger partial charge in [0.25, 0.3) is 11.5 Å². The predicted octanol–water partition coefficient (Wildman–Crippen LogP) is 8.50. The third-order valence-corrected chi connectivity index (χ3v) is 15.4. The summed E-state index contributed by atoms with van der Waals surface area (Å²) in [6.45, 7) is 20.4. The second-order valence-corrected chi connectivity index (χ2v) is 26.2. The lowest BCUT2D eigenvalue weighted by Gasteiger charge is -2.36. The molecule has 5 aromatic rings. The third-order valence-electron chi connectivity index (χ3n) is 9.35. The van der Waals surface area contributed by atoms with Crippen molar-refractivity contribution in [1.82, 2.24) is 18.9 Å². The van der Waals surface area contributed by atoms with Gasteiger partial charge in [0.05, 0.1) is 40.8 Å². The number of nitrogens with one attached hydrogen (secondary N) is 1. The summed E-state index contributed by atoms with van der Waals surface area (Å²) < 4.78 is 16.6. The average Bonchev–Trinajstić information content (AvgIpc) is 3.65. The number of hydrogen-bond donors (Lipinski definition) is 2. The molecule has 0 aliphatic rings. The topological polar surface area (TPSA) is 130 Å². The van der Waals surface area contributed by atoms with Crippen LogP contribution < -0.4 is 15.3 Å². The van der Waals surface area contributed by atoms with E-state index in [9.17, 15) is 19.5 Å². The molecule has 3 heterocycles. The van der Waals surface area contributed by atoms with E-state index in [1.54, 1.807) is 29.1 Å². The van der Waals surface area contributed by atoms with Crippen LogP contribution in [0.2, 0.25) is 43.8 Å². The summed E-state index contributed by atoms with van der Waals surface area (Å²) in [4.78, 5) is 40.3. The molecule has 0 unspecified atom stereocenters. The monoisotopic (exact) mass is 727 g/mol. The molecule has 0 bridgehead atoms. The van der Waals surface area contributed by atoms with E-state index in [4.69, 9.17) is 9.16 Å². The van der Waals surface area contributed by atoms with Crippen LogP contribution in [-0.4, -0.2) is 59.0 Å². The van der Waals surface area contributed by atoms with E-state index in [0.717, 1.165) is 21.7 Å². The van der Waals surface area contributed by atoms with Gasteiger partial charge in [-0.15, -0.1) is 0 Å². The van der Waals surface area contributed by atoms with Crippen LogP contribution in [0.4, 0.5) is 10.5 Å². The van der Waals surface area contributed by atoms with Crippen LogP contribution in [0.3, 0.4) is 0 Å². The molecule has 0 radical (unpaired) electrons. The number of pyridine rings is 1. The number of carbonyl (C=O) groups is 2. The Morgan fingerprint density at radius 2 is 1.67 bits per heavy atom. The standard InChI is InChI=1S/C38H49N5O6Si2/c1-26-10-12-27(13-11-26)22-42-23-29(21-39-42)35(44)40-30-20-32(36(45)41(24-30)25-48-16-17-50(5,6)7)34-19-28-18-31(49-51(8,9)38(2,3)4)14-15-33(28)43(34)37(46)47/h10-15,18-21,23-24H,16-17,22,25H2,1-9H3,(H,40,44)(H,46,47). The molecule has 1 amide bonds. The molecule has 0 atom stereocenters. The van der Waals surface area contributed by atoms with Gasteiger partial charge in [0.15, 0.2) is 0 Å². The fourth-order valence-corrected chi connectivity index (χ4v) is 7.06. The summed E-state index contributed by atoms with van der Waals surface area (Å²) in [5.74, 6) is 0.215. The summed E-state index contributed by atoms with van der Waals surface area (Å²) in [5, 5.41) is 18.2. The number of benzene rings is 2. The predicted molar refractivity (Wildman–Crippen MR) is 207 cm³/mol. The molecule has 270 valence electrons. The van der Waals surface area contributed by atoms with Crippen molar-refractivity contribution in [1.29, 1.82) is 0 Å². The number of amides is 1. The van der Waals surface area contributed by atoms with Gasteiger partial charge in [0.1, 0.15) is 12.5 Å². The third kappa shape index (κ3) is 8.96. The minimum absolute atomic E-state index is 0.0347. The molecule has 0 saturated heterocycles. The molecule has 3 aromatic heterocycles. The average molecular weight is 728 g/mol. The van der Waals surface area contributed by atoms with Crippen LogP contribution in [-0.2, 0) is 18.0 Å². The molecule has 0 spiro atoms. The number of ether oxygens (including phenoxy) is 1. The second kappa shape index (κ2) is 14.5. The van der Waals surface area contributed by atoms with Gasteiger partial charge in [-0.05, 0) is 67.0 Å². The minimum Gasteiger partial charge on any atom is -0.543 e. The first-order valence-electron chi connectivity index (χ1n) is 17.1. The lowest BCUT2D eigenvalue weighted by atomic mass is 10.1. The van der Waals surface area contributed by atoms with Crippen LogP contribution in [0.25, 0.3) is 22.2 Å². The lowest BCUT2D eigenvalue weighted by molar-refractivity contribution is 0.0849. The Morgan fingerprint density at radius 1 is 0.961 bits per heavy atom. The van der Waals surface area contributed by atoms with E-state index in [2.05, 4.69) is 63.9 Å². The molecule has 2 N–H and O–H groups in total. The Balaban J connectivity index is 1.52. The van der Waals surface area contributed by atoms with Crippen molar-refractivity contribution < 1.29 is 23.9 Å². The van der Waals surface area contributed by atoms with Crippen LogP contribution in [0, 0.1) is 6.92 Å². The molecule has 0 saturated carbocycles. The molecule has 51 heavy (non-hydrogen) atoms. The fraction of sp³-hybridized carbons (Fsp3) is 0.368. The van der Waals surface area contributed by atoms with Crippen molar-refractivity contribution in [3.63, 3.8) is 0 Å². The van der Waals surface area contributed by atoms with Crippen molar-refractivity contribution in [3.8, 4) is 17.0 Å². The first-order valence-corrected chi connectivity index (χ1v) is 23.7. The first kappa shape index (κ1) is 37.5. The van der Waals surface area contributed by atoms with Crippen LogP contribution >= 0.6 is 0 Å². The maximum Gasteiger partial charge on any atom is 0.416 e. The Hall–Kier alpha value is -4.73. The van der Waals surface area contributed by atoms with Crippen LogP contribution in [0.15, 0.2) is 78.0 Å². The molecule has 2 aromatic carbocycles. The van der Waals surface area contributed by atoms with Crippen molar-refractivity contribution in [2.45, 2.75) is 84.8 Å². The highest BCUT2D eigenvalue weighted by atomic mass is 28.4. The number of nitrogens with zero attached hydrogens (tertiary/aromatic N) is 4. The number of aryl methyl sites for hydroxylation is 1. The molecule has 13 heteroatoms. The quantitative estimate of drug-likeness (QED) is 0.0974. The first-order chi connectivity index (χ1) is 23.8. The highest BCUT2D eigenvalue weighted by Gasteiger charge is 2.39. The highest BCUT2D eigenvalue weighted by molar-refractivity contribution is 6.76. The molecule has 11 nitrogen and oxygen atoms in total. The molecule has 0 aliphatic carbocycles. The van der Waals surface area contributed by atoms with E-state index in [1.165, 1.54) is 23.0 Å². The van der Waals surface area contributed by atoms with Crippen molar-refractivity contribution >= 4 is 45.0 Å². The van der Waals surface area contributed by atoms with E-state index in [-0.39, 0.29) is 23.0 Å². The van der Waals surface area contributed by atoms with Crippen molar-refractivity contribution in [2.24, 2.45) is 0 Å². The summed E-state index contributed by atoms with van der Waals surface area (Å²) in [6, 6.07) is 17.5. The number of hydrogen-bond acceptors (Lipinski definition) is 6. The van der Waals surface area contributed by atoms with Gasteiger partial charge in [-0.3, -0.25) is 18.8 Å². The van der Waals surface area contributed by atoms with Gasteiger partial charge in [0, 0.05) is 32.5 Å².